The fourth-order valence-electron chi connectivity index (χ4n) is 1.11. The molecule has 0 spiro atoms. The van der Waals surface area contributed by atoms with Crippen LogP contribution in [0.25, 0.3) is 10.6 Å². The predicted molar refractivity (Wildman–Crippen MR) is 60.0 cm³/mol. The first-order chi connectivity index (χ1) is 6.25. The van der Waals surface area contributed by atoms with E-state index in [1.54, 1.807) is 11.3 Å². The molecule has 3 heteroatoms. The second kappa shape index (κ2) is 3.60. The Morgan fingerprint density at radius 2 is 2.23 bits per heavy atom. The van der Waals surface area contributed by atoms with Crippen molar-refractivity contribution >= 4 is 27.3 Å². The standard InChI is InChI=1S/C10H8BrNS/c1-7-6-12-10(13-7)8-3-2-4-9(11)5-8/h2-6H,1H3. The highest BCUT2D eigenvalue weighted by Gasteiger charge is 2.01. The van der Waals surface area contributed by atoms with Gasteiger partial charge in [0.2, 0.25) is 0 Å². The summed E-state index contributed by atoms with van der Waals surface area (Å²) >= 11 is 5.16. The van der Waals surface area contributed by atoms with Crippen molar-refractivity contribution in [3.8, 4) is 10.6 Å². The van der Waals surface area contributed by atoms with Crippen LogP contribution in [0.3, 0.4) is 0 Å². The van der Waals surface area contributed by atoms with E-state index in [1.807, 2.05) is 18.3 Å². The van der Waals surface area contributed by atoms with Gasteiger partial charge in [-0.3, -0.25) is 0 Å². The molecular formula is C10H8BrNS. The molecule has 0 fully saturated rings. The van der Waals surface area contributed by atoms with Crippen molar-refractivity contribution in [3.05, 3.63) is 39.8 Å². The zero-order valence-electron chi connectivity index (χ0n) is 7.12. The number of aromatic nitrogens is 1. The van der Waals surface area contributed by atoms with Crippen molar-refractivity contribution in [3.63, 3.8) is 0 Å². The maximum Gasteiger partial charge on any atom is 0.123 e. The van der Waals surface area contributed by atoms with E-state index >= 15 is 0 Å². The SMILES string of the molecule is Cc1cnc(-c2cccc(Br)c2)s1. The smallest absolute Gasteiger partial charge is 0.123 e. The lowest BCUT2D eigenvalue weighted by Gasteiger charge is -1.95. The zero-order valence-corrected chi connectivity index (χ0v) is 9.52. The Hall–Kier alpha value is -0.670. The van der Waals surface area contributed by atoms with Crippen molar-refractivity contribution in [2.24, 2.45) is 0 Å². The first kappa shape index (κ1) is 8.91. The van der Waals surface area contributed by atoms with Gasteiger partial charge in [0, 0.05) is 21.1 Å². The van der Waals surface area contributed by atoms with Gasteiger partial charge in [0.05, 0.1) is 0 Å². The highest BCUT2D eigenvalue weighted by molar-refractivity contribution is 9.10. The van der Waals surface area contributed by atoms with E-state index in [2.05, 4.69) is 40.0 Å². The summed E-state index contributed by atoms with van der Waals surface area (Å²) in [6.45, 7) is 2.07. The minimum Gasteiger partial charge on any atom is -0.244 e. The summed E-state index contributed by atoms with van der Waals surface area (Å²) in [6.07, 6.45) is 1.90. The Kier molecular flexibility index (Phi) is 2.47. The van der Waals surface area contributed by atoms with Gasteiger partial charge in [0.25, 0.3) is 0 Å². The summed E-state index contributed by atoms with van der Waals surface area (Å²) in [7, 11) is 0. The minimum atomic E-state index is 1.08. The number of rotatable bonds is 1. The maximum atomic E-state index is 4.32. The Morgan fingerprint density at radius 1 is 1.38 bits per heavy atom. The largest absolute Gasteiger partial charge is 0.244 e. The van der Waals surface area contributed by atoms with Gasteiger partial charge in [0.1, 0.15) is 5.01 Å². The van der Waals surface area contributed by atoms with Gasteiger partial charge in [-0.15, -0.1) is 11.3 Å². The minimum absolute atomic E-state index is 1.08. The Morgan fingerprint density at radius 3 is 2.85 bits per heavy atom. The predicted octanol–water partition coefficient (Wildman–Crippen LogP) is 3.88. The van der Waals surface area contributed by atoms with Gasteiger partial charge in [-0.1, -0.05) is 28.1 Å². The molecule has 0 unspecified atom stereocenters. The fourth-order valence-corrected chi connectivity index (χ4v) is 2.27. The van der Waals surface area contributed by atoms with E-state index in [-0.39, 0.29) is 0 Å². The molecule has 66 valence electrons. The second-order valence-corrected chi connectivity index (χ2v) is 4.94. The lowest BCUT2D eigenvalue weighted by Crippen LogP contribution is -1.73. The molecule has 0 aliphatic heterocycles. The van der Waals surface area contributed by atoms with Crippen LogP contribution in [0.15, 0.2) is 34.9 Å². The van der Waals surface area contributed by atoms with E-state index in [0.29, 0.717) is 0 Å². The quantitative estimate of drug-likeness (QED) is 0.752. The molecule has 0 saturated carbocycles. The van der Waals surface area contributed by atoms with E-state index < -0.39 is 0 Å². The summed E-state index contributed by atoms with van der Waals surface area (Å²) in [4.78, 5) is 5.57. The molecular weight excluding hydrogens is 246 g/mol. The maximum absolute atomic E-state index is 4.32. The van der Waals surface area contributed by atoms with Gasteiger partial charge < -0.3 is 0 Å². The Bertz CT molecular complexity index is 422. The van der Waals surface area contributed by atoms with E-state index in [9.17, 15) is 0 Å². The lowest BCUT2D eigenvalue weighted by molar-refractivity contribution is 1.38. The van der Waals surface area contributed by atoms with E-state index in [4.69, 9.17) is 0 Å². The summed E-state index contributed by atoms with van der Waals surface area (Å²) in [5, 5.41) is 1.08. The monoisotopic (exact) mass is 253 g/mol. The van der Waals surface area contributed by atoms with Crippen LogP contribution in [-0.4, -0.2) is 4.98 Å². The second-order valence-electron chi connectivity index (χ2n) is 2.79. The van der Waals surface area contributed by atoms with Gasteiger partial charge in [-0.25, -0.2) is 4.98 Å². The first-order valence-electron chi connectivity index (χ1n) is 3.94. The normalized spacial score (nSPS) is 10.3. The summed E-state index contributed by atoms with van der Waals surface area (Å²) in [5.74, 6) is 0. The van der Waals surface area contributed by atoms with Crippen LogP contribution in [0, 0.1) is 6.92 Å². The van der Waals surface area contributed by atoms with Crippen LogP contribution < -0.4 is 0 Å². The average molecular weight is 254 g/mol. The molecule has 2 rings (SSSR count). The molecule has 1 nitrogen and oxygen atoms in total. The van der Waals surface area contributed by atoms with Crippen molar-refractivity contribution in [1.29, 1.82) is 0 Å². The number of benzene rings is 1. The van der Waals surface area contributed by atoms with E-state index in [0.717, 1.165) is 9.48 Å². The third-order valence-corrected chi connectivity index (χ3v) is 3.15. The van der Waals surface area contributed by atoms with Gasteiger partial charge in [0.15, 0.2) is 0 Å². The number of thiazole rings is 1. The third-order valence-electron chi connectivity index (χ3n) is 1.69. The van der Waals surface area contributed by atoms with E-state index in [1.165, 1.54) is 10.4 Å². The molecule has 13 heavy (non-hydrogen) atoms. The third kappa shape index (κ3) is 1.98. The topological polar surface area (TPSA) is 12.9 Å². The average Bonchev–Trinajstić information content (AvgIpc) is 2.52. The molecule has 0 radical (unpaired) electrons. The number of hydrogen-bond donors (Lipinski definition) is 0. The van der Waals surface area contributed by atoms with Gasteiger partial charge in [-0.2, -0.15) is 0 Å². The molecule has 0 bridgehead atoms. The molecule has 0 aliphatic carbocycles. The molecule has 1 aromatic heterocycles. The van der Waals surface area contributed by atoms with Gasteiger partial charge in [-0.05, 0) is 19.1 Å². The number of hydrogen-bond acceptors (Lipinski definition) is 2. The summed E-state index contributed by atoms with van der Waals surface area (Å²) in [6, 6.07) is 8.20. The van der Waals surface area contributed by atoms with Crippen LogP contribution in [0.5, 0.6) is 0 Å². The first-order valence-corrected chi connectivity index (χ1v) is 5.55. The van der Waals surface area contributed by atoms with Crippen LogP contribution in [0.2, 0.25) is 0 Å². The number of nitrogens with zero attached hydrogens (tertiary/aromatic N) is 1. The van der Waals surface area contributed by atoms with Crippen LogP contribution >= 0.6 is 27.3 Å². The van der Waals surface area contributed by atoms with Crippen molar-refractivity contribution < 1.29 is 0 Å². The van der Waals surface area contributed by atoms with Crippen LogP contribution in [0.1, 0.15) is 4.88 Å². The Balaban J connectivity index is 2.46. The molecule has 0 atom stereocenters. The molecule has 0 N–H and O–H groups in total. The van der Waals surface area contributed by atoms with Crippen molar-refractivity contribution in [2.45, 2.75) is 6.92 Å². The zero-order chi connectivity index (χ0) is 9.26. The molecule has 0 aliphatic rings. The van der Waals surface area contributed by atoms with Crippen LogP contribution in [0.4, 0.5) is 0 Å². The van der Waals surface area contributed by atoms with Crippen molar-refractivity contribution in [1.82, 2.24) is 4.98 Å². The fraction of sp³-hybridized carbons (Fsp3) is 0.100. The summed E-state index contributed by atoms with van der Waals surface area (Å²) in [5.41, 5.74) is 1.17. The lowest BCUT2D eigenvalue weighted by atomic mass is 10.2. The van der Waals surface area contributed by atoms with Gasteiger partial charge >= 0.3 is 0 Å². The summed E-state index contributed by atoms with van der Waals surface area (Å²) < 4.78 is 1.10. The molecule has 1 heterocycles. The number of halogens is 1. The number of aryl methyl sites for hydroxylation is 1. The molecule has 2 aromatic rings. The molecule has 0 amide bonds. The molecule has 1 aromatic carbocycles. The van der Waals surface area contributed by atoms with Crippen molar-refractivity contribution in [2.75, 3.05) is 0 Å². The van der Waals surface area contributed by atoms with Crippen LogP contribution in [-0.2, 0) is 0 Å². The Labute approximate surface area is 89.6 Å². The highest BCUT2D eigenvalue weighted by atomic mass is 79.9. The molecule has 0 saturated heterocycles. The highest BCUT2D eigenvalue weighted by Crippen LogP contribution is 2.26.